The van der Waals surface area contributed by atoms with Gasteiger partial charge in [0, 0.05) is 19.3 Å². The molecule has 1 aliphatic heterocycles. The average molecular weight is 363 g/mol. The fourth-order valence-corrected chi connectivity index (χ4v) is 3.25. The molecule has 7 nitrogen and oxygen atoms in total. The van der Waals surface area contributed by atoms with Gasteiger partial charge in [0.15, 0.2) is 5.69 Å². The summed E-state index contributed by atoms with van der Waals surface area (Å²) in [4.78, 5) is 19.1. The molecule has 3 heterocycles. The molecule has 138 valence electrons. The first-order valence-electron chi connectivity index (χ1n) is 9.08. The fraction of sp³-hybridized carbons (Fsp3) is 0.300. The van der Waals surface area contributed by atoms with E-state index in [2.05, 4.69) is 15.3 Å². The van der Waals surface area contributed by atoms with Gasteiger partial charge in [-0.25, -0.2) is 4.68 Å². The number of ether oxygens (including phenoxy) is 1. The predicted molar refractivity (Wildman–Crippen MR) is 99.3 cm³/mol. The van der Waals surface area contributed by atoms with Crippen molar-refractivity contribution >= 4 is 5.91 Å². The van der Waals surface area contributed by atoms with Crippen LogP contribution in [0.15, 0.2) is 60.9 Å². The standard InChI is InChI=1S/C20H21N5O2/c26-20(19-13-22-23-25(19)17-8-2-1-3-9-17)24-12-6-10-18(14-24)27-15-16-7-4-5-11-21-16/h1-5,7-9,11,13,18H,6,10,12,14-15H2/t18-/m1/s1. The number of piperidine rings is 1. The highest BCUT2D eigenvalue weighted by atomic mass is 16.5. The number of para-hydroxylation sites is 1. The quantitative estimate of drug-likeness (QED) is 0.696. The van der Waals surface area contributed by atoms with Crippen LogP contribution in [-0.2, 0) is 11.3 Å². The van der Waals surface area contributed by atoms with Crippen molar-refractivity contribution in [2.75, 3.05) is 13.1 Å². The van der Waals surface area contributed by atoms with Gasteiger partial charge in [0.05, 0.1) is 30.3 Å². The highest BCUT2D eigenvalue weighted by molar-refractivity contribution is 5.92. The van der Waals surface area contributed by atoms with Crippen molar-refractivity contribution in [2.45, 2.75) is 25.6 Å². The molecule has 1 aliphatic rings. The molecule has 1 amide bonds. The van der Waals surface area contributed by atoms with E-state index in [4.69, 9.17) is 4.74 Å². The van der Waals surface area contributed by atoms with Crippen LogP contribution in [0.25, 0.3) is 5.69 Å². The van der Waals surface area contributed by atoms with E-state index >= 15 is 0 Å². The lowest BCUT2D eigenvalue weighted by molar-refractivity contribution is -0.00809. The van der Waals surface area contributed by atoms with Gasteiger partial charge in [-0.1, -0.05) is 29.5 Å². The van der Waals surface area contributed by atoms with Gasteiger partial charge in [-0.15, -0.1) is 5.10 Å². The van der Waals surface area contributed by atoms with E-state index in [9.17, 15) is 4.79 Å². The van der Waals surface area contributed by atoms with Crippen molar-refractivity contribution in [3.63, 3.8) is 0 Å². The number of aromatic nitrogens is 4. The first kappa shape index (κ1) is 17.4. The van der Waals surface area contributed by atoms with Crippen LogP contribution in [0.4, 0.5) is 0 Å². The summed E-state index contributed by atoms with van der Waals surface area (Å²) in [5.41, 5.74) is 2.18. The molecule has 2 aromatic heterocycles. The van der Waals surface area contributed by atoms with E-state index in [0.717, 1.165) is 24.2 Å². The minimum atomic E-state index is -0.0741. The van der Waals surface area contributed by atoms with Gasteiger partial charge in [-0.3, -0.25) is 9.78 Å². The smallest absolute Gasteiger partial charge is 0.274 e. The topological polar surface area (TPSA) is 73.1 Å². The SMILES string of the molecule is O=C(c1cnnn1-c1ccccc1)N1CCC[C@@H](OCc2ccccn2)C1. The molecule has 1 saturated heterocycles. The molecule has 4 rings (SSSR count). The molecule has 0 bridgehead atoms. The zero-order chi connectivity index (χ0) is 18.5. The van der Waals surface area contributed by atoms with E-state index in [-0.39, 0.29) is 12.0 Å². The number of carbonyl (C=O) groups is 1. The van der Waals surface area contributed by atoms with E-state index in [0.29, 0.717) is 25.4 Å². The summed E-state index contributed by atoms with van der Waals surface area (Å²) >= 11 is 0. The van der Waals surface area contributed by atoms with Crippen LogP contribution in [0.1, 0.15) is 29.0 Å². The van der Waals surface area contributed by atoms with Gasteiger partial charge in [-0.2, -0.15) is 0 Å². The summed E-state index contributed by atoms with van der Waals surface area (Å²) in [5.74, 6) is -0.0741. The first-order valence-corrected chi connectivity index (χ1v) is 9.08. The molecule has 3 aromatic rings. The van der Waals surface area contributed by atoms with Gasteiger partial charge in [0.25, 0.3) is 5.91 Å². The summed E-state index contributed by atoms with van der Waals surface area (Å²) in [5, 5.41) is 8.01. The van der Waals surface area contributed by atoms with Crippen molar-refractivity contribution < 1.29 is 9.53 Å². The van der Waals surface area contributed by atoms with Gasteiger partial charge in [0.1, 0.15) is 0 Å². The van der Waals surface area contributed by atoms with Gasteiger partial charge in [0.2, 0.25) is 0 Å². The summed E-state index contributed by atoms with van der Waals surface area (Å²) in [6, 6.07) is 15.3. The largest absolute Gasteiger partial charge is 0.370 e. The number of hydrogen-bond acceptors (Lipinski definition) is 5. The molecule has 27 heavy (non-hydrogen) atoms. The van der Waals surface area contributed by atoms with Crippen LogP contribution in [0.2, 0.25) is 0 Å². The minimum absolute atomic E-state index is 0.00534. The molecule has 1 fully saturated rings. The van der Waals surface area contributed by atoms with E-state index < -0.39 is 0 Å². The number of carbonyl (C=O) groups excluding carboxylic acids is 1. The van der Waals surface area contributed by atoms with Gasteiger partial charge >= 0.3 is 0 Å². The maximum Gasteiger partial charge on any atom is 0.274 e. The Morgan fingerprint density at radius 2 is 2.00 bits per heavy atom. The average Bonchev–Trinajstić information content (AvgIpc) is 3.23. The second-order valence-corrected chi connectivity index (χ2v) is 6.51. The first-order chi connectivity index (χ1) is 13.3. The number of hydrogen-bond donors (Lipinski definition) is 0. The van der Waals surface area contributed by atoms with Crippen LogP contribution in [-0.4, -0.2) is 50.0 Å². The number of rotatable bonds is 5. The van der Waals surface area contributed by atoms with Crippen LogP contribution >= 0.6 is 0 Å². The molecule has 7 heteroatoms. The van der Waals surface area contributed by atoms with Crippen LogP contribution < -0.4 is 0 Å². The Morgan fingerprint density at radius 3 is 2.81 bits per heavy atom. The van der Waals surface area contributed by atoms with Crippen LogP contribution in [0, 0.1) is 0 Å². The van der Waals surface area contributed by atoms with Crippen molar-refractivity contribution in [1.29, 1.82) is 0 Å². The maximum atomic E-state index is 13.0. The van der Waals surface area contributed by atoms with E-state index in [1.165, 1.54) is 6.20 Å². The summed E-state index contributed by atoms with van der Waals surface area (Å²) in [7, 11) is 0. The molecule has 1 aromatic carbocycles. The third-order valence-electron chi connectivity index (χ3n) is 4.63. The Balaban J connectivity index is 1.43. The van der Waals surface area contributed by atoms with E-state index in [1.54, 1.807) is 10.9 Å². The Morgan fingerprint density at radius 1 is 1.15 bits per heavy atom. The number of amides is 1. The molecule has 0 radical (unpaired) electrons. The monoisotopic (exact) mass is 363 g/mol. The lowest BCUT2D eigenvalue weighted by atomic mass is 10.1. The van der Waals surface area contributed by atoms with Crippen molar-refractivity contribution in [2.24, 2.45) is 0 Å². The highest BCUT2D eigenvalue weighted by Crippen LogP contribution is 2.18. The number of nitrogens with zero attached hydrogens (tertiary/aromatic N) is 5. The Bertz CT molecular complexity index is 882. The van der Waals surface area contributed by atoms with Gasteiger partial charge in [-0.05, 0) is 37.1 Å². The third kappa shape index (κ3) is 4.03. The normalized spacial score (nSPS) is 17.0. The lowest BCUT2D eigenvalue weighted by Gasteiger charge is -2.32. The molecular formula is C20H21N5O2. The number of benzene rings is 1. The van der Waals surface area contributed by atoms with Gasteiger partial charge < -0.3 is 9.64 Å². The van der Waals surface area contributed by atoms with Crippen LogP contribution in [0.5, 0.6) is 0 Å². The summed E-state index contributed by atoms with van der Waals surface area (Å²) in [6.07, 6.45) is 5.13. The Hall–Kier alpha value is -3.06. The molecular weight excluding hydrogens is 342 g/mol. The zero-order valence-corrected chi connectivity index (χ0v) is 14.9. The fourth-order valence-electron chi connectivity index (χ4n) is 3.25. The van der Waals surface area contributed by atoms with Crippen molar-refractivity contribution in [3.8, 4) is 5.69 Å². The minimum Gasteiger partial charge on any atom is -0.370 e. The molecule has 0 N–H and O–H groups in total. The molecule has 0 saturated carbocycles. The summed E-state index contributed by atoms with van der Waals surface area (Å²) in [6.45, 7) is 1.73. The second-order valence-electron chi connectivity index (χ2n) is 6.51. The Labute approximate surface area is 157 Å². The number of pyridine rings is 1. The third-order valence-corrected chi connectivity index (χ3v) is 4.63. The number of likely N-dealkylation sites (tertiary alicyclic amines) is 1. The summed E-state index contributed by atoms with van der Waals surface area (Å²) < 4.78 is 7.57. The van der Waals surface area contributed by atoms with Crippen LogP contribution in [0.3, 0.4) is 0 Å². The molecule has 0 unspecified atom stereocenters. The lowest BCUT2D eigenvalue weighted by Crippen LogP contribution is -2.43. The molecule has 1 atom stereocenters. The molecule has 0 aliphatic carbocycles. The maximum absolute atomic E-state index is 13.0. The highest BCUT2D eigenvalue weighted by Gasteiger charge is 2.27. The second kappa shape index (κ2) is 8.09. The Kier molecular flexibility index (Phi) is 5.20. The molecule has 0 spiro atoms. The van der Waals surface area contributed by atoms with E-state index in [1.807, 2.05) is 53.4 Å². The van der Waals surface area contributed by atoms with Crippen molar-refractivity contribution in [1.82, 2.24) is 24.9 Å². The zero-order valence-electron chi connectivity index (χ0n) is 14.9. The van der Waals surface area contributed by atoms with Crippen molar-refractivity contribution in [3.05, 3.63) is 72.3 Å². The predicted octanol–water partition coefficient (Wildman–Crippen LogP) is 2.48.